The van der Waals surface area contributed by atoms with Crippen LogP contribution in [0.4, 0.5) is 5.69 Å². The van der Waals surface area contributed by atoms with E-state index in [2.05, 4.69) is 5.32 Å². The second-order valence-electron chi connectivity index (χ2n) is 7.13. The number of rotatable bonds is 6. The van der Waals surface area contributed by atoms with Gasteiger partial charge in [-0.15, -0.1) is 0 Å². The standard InChI is InChI=1S/C22H25NO4/c1-15-13-19(27-14-16-5-3-2-4-6-16)11-12-20(15)23-21(24)17-7-9-18(10-8-17)22(25)26/h2-6,11-13,17-18H,7-10,14H2,1H3,(H,23,24)(H,25,26). The molecule has 2 N–H and O–H groups in total. The quantitative estimate of drug-likeness (QED) is 0.793. The van der Waals surface area contributed by atoms with Crippen molar-refractivity contribution in [1.82, 2.24) is 0 Å². The van der Waals surface area contributed by atoms with Crippen LogP contribution < -0.4 is 10.1 Å². The van der Waals surface area contributed by atoms with Crippen molar-refractivity contribution in [3.05, 3.63) is 59.7 Å². The third kappa shape index (κ3) is 5.09. The van der Waals surface area contributed by atoms with Gasteiger partial charge in [0.05, 0.1) is 5.92 Å². The summed E-state index contributed by atoms with van der Waals surface area (Å²) < 4.78 is 5.82. The monoisotopic (exact) mass is 367 g/mol. The van der Waals surface area contributed by atoms with Crippen molar-refractivity contribution in [3.8, 4) is 5.75 Å². The number of carboxylic acids is 1. The SMILES string of the molecule is Cc1cc(OCc2ccccc2)ccc1NC(=O)C1CCC(C(=O)O)CC1. The number of aryl methyl sites for hydroxylation is 1. The van der Waals surface area contributed by atoms with Crippen molar-refractivity contribution >= 4 is 17.6 Å². The van der Waals surface area contributed by atoms with Crippen LogP contribution in [-0.4, -0.2) is 17.0 Å². The van der Waals surface area contributed by atoms with Gasteiger partial charge in [0.15, 0.2) is 0 Å². The summed E-state index contributed by atoms with van der Waals surface area (Å²) in [6.07, 6.45) is 2.39. The molecule has 0 aromatic heterocycles. The average molecular weight is 367 g/mol. The van der Waals surface area contributed by atoms with Crippen LogP contribution in [0.5, 0.6) is 5.75 Å². The van der Waals surface area contributed by atoms with Gasteiger partial charge in [0.25, 0.3) is 0 Å². The summed E-state index contributed by atoms with van der Waals surface area (Å²) >= 11 is 0. The van der Waals surface area contributed by atoms with Crippen LogP contribution in [0.3, 0.4) is 0 Å². The molecule has 27 heavy (non-hydrogen) atoms. The number of ether oxygens (including phenoxy) is 1. The lowest BCUT2D eigenvalue weighted by atomic mass is 9.81. The van der Waals surface area contributed by atoms with Gasteiger partial charge in [-0.05, 0) is 61.9 Å². The van der Waals surface area contributed by atoms with E-state index in [0.29, 0.717) is 32.3 Å². The number of carbonyl (C=O) groups excluding carboxylic acids is 1. The molecule has 0 bridgehead atoms. The third-order valence-electron chi connectivity index (χ3n) is 5.15. The predicted octanol–water partition coefficient (Wildman–Crippen LogP) is 4.40. The lowest BCUT2D eigenvalue weighted by Gasteiger charge is -2.25. The number of anilines is 1. The van der Waals surface area contributed by atoms with Gasteiger partial charge >= 0.3 is 5.97 Å². The van der Waals surface area contributed by atoms with E-state index in [9.17, 15) is 9.59 Å². The third-order valence-corrected chi connectivity index (χ3v) is 5.15. The van der Waals surface area contributed by atoms with Crippen molar-refractivity contribution in [3.63, 3.8) is 0 Å². The molecule has 0 atom stereocenters. The fourth-order valence-electron chi connectivity index (χ4n) is 3.44. The van der Waals surface area contributed by atoms with Crippen molar-refractivity contribution in [1.29, 1.82) is 0 Å². The molecule has 0 spiro atoms. The number of hydrogen-bond acceptors (Lipinski definition) is 3. The summed E-state index contributed by atoms with van der Waals surface area (Å²) in [5.74, 6) is -0.446. The van der Waals surface area contributed by atoms with E-state index in [-0.39, 0.29) is 17.7 Å². The van der Waals surface area contributed by atoms with Crippen molar-refractivity contribution in [2.24, 2.45) is 11.8 Å². The highest BCUT2D eigenvalue weighted by Gasteiger charge is 2.29. The maximum absolute atomic E-state index is 12.5. The Morgan fingerprint density at radius 1 is 1.04 bits per heavy atom. The topological polar surface area (TPSA) is 75.6 Å². The molecule has 0 heterocycles. The van der Waals surface area contributed by atoms with Gasteiger partial charge in [-0.3, -0.25) is 9.59 Å². The Hall–Kier alpha value is -2.82. The summed E-state index contributed by atoms with van der Waals surface area (Å²) in [7, 11) is 0. The highest BCUT2D eigenvalue weighted by Crippen LogP contribution is 2.30. The van der Waals surface area contributed by atoms with Gasteiger partial charge in [0, 0.05) is 11.6 Å². The molecule has 0 aliphatic heterocycles. The van der Waals surface area contributed by atoms with E-state index in [4.69, 9.17) is 9.84 Å². The number of aliphatic carboxylic acids is 1. The average Bonchev–Trinajstić information content (AvgIpc) is 2.69. The highest BCUT2D eigenvalue weighted by molar-refractivity contribution is 5.93. The molecule has 1 saturated carbocycles. The molecule has 0 unspecified atom stereocenters. The molecule has 1 aliphatic carbocycles. The number of hydrogen-bond donors (Lipinski definition) is 2. The maximum Gasteiger partial charge on any atom is 0.306 e. The second-order valence-corrected chi connectivity index (χ2v) is 7.13. The highest BCUT2D eigenvalue weighted by atomic mass is 16.5. The van der Waals surface area contributed by atoms with Crippen LogP contribution in [0.1, 0.15) is 36.8 Å². The summed E-state index contributed by atoms with van der Waals surface area (Å²) in [6.45, 7) is 2.44. The fraction of sp³-hybridized carbons (Fsp3) is 0.364. The van der Waals surface area contributed by atoms with Gasteiger partial charge in [0.2, 0.25) is 5.91 Å². The van der Waals surface area contributed by atoms with Gasteiger partial charge in [-0.2, -0.15) is 0 Å². The Morgan fingerprint density at radius 3 is 2.33 bits per heavy atom. The molecule has 1 amide bonds. The van der Waals surface area contributed by atoms with Gasteiger partial charge < -0.3 is 15.2 Å². The first-order valence-electron chi connectivity index (χ1n) is 9.34. The molecule has 0 radical (unpaired) electrons. The zero-order chi connectivity index (χ0) is 19.2. The molecular weight excluding hydrogens is 342 g/mol. The minimum Gasteiger partial charge on any atom is -0.489 e. The Bertz CT molecular complexity index is 795. The van der Waals surface area contributed by atoms with Crippen molar-refractivity contribution in [2.45, 2.75) is 39.2 Å². The predicted molar refractivity (Wildman–Crippen MR) is 104 cm³/mol. The lowest BCUT2D eigenvalue weighted by Crippen LogP contribution is -2.29. The fourth-order valence-corrected chi connectivity index (χ4v) is 3.44. The number of amides is 1. The minimum absolute atomic E-state index is 0.0279. The van der Waals surface area contributed by atoms with E-state index in [0.717, 1.165) is 22.6 Å². The lowest BCUT2D eigenvalue weighted by molar-refractivity contribution is -0.143. The molecule has 5 heteroatoms. The Morgan fingerprint density at radius 2 is 1.70 bits per heavy atom. The van der Waals surface area contributed by atoms with Crippen molar-refractivity contribution < 1.29 is 19.4 Å². The van der Waals surface area contributed by atoms with Crippen molar-refractivity contribution in [2.75, 3.05) is 5.32 Å². The molecular formula is C22H25NO4. The molecule has 142 valence electrons. The minimum atomic E-state index is -0.754. The van der Waals surface area contributed by atoms with E-state index in [1.165, 1.54) is 0 Å². The molecule has 2 aromatic rings. The molecule has 3 rings (SSSR count). The molecule has 0 saturated heterocycles. The summed E-state index contributed by atoms with van der Waals surface area (Å²) in [5, 5.41) is 12.0. The number of carbonyl (C=O) groups is 2. The number of carboxylic acid groups (broad SMARTS) is 1. The van der Waals surface area contributed by atoms with Crippen LogP contribution in [-0.2, 0) is 16.2 Å². The van der Waals surface area contributed by atoms with Crippen LogP contribution in [0.15, 0.2) is 48.5 Å². The second kappa shape index (κ2) is 8.71. The van der Waals surface area contributed by atoms with E-state index in [1.807, 2.05) is 55.5 Å². The first-order valence-corrected chi connectivity index (χ1v) is 9.34. The normalized spacial score (nSPS) is 19.3. The van der Waals surface area contributed by atoms with Gasteiger partial charge in [-0.1, -0.05) is 30.3 Å². The number of nitrogens with one attached hydrogen (secondary N) is 1. The van der Waals surface area contributed by atoms with Crippen LogP contribution in [0, 0.1) is 18.8 Å². The van der Waals surface area contributed by atoms with Gasteiger partial charge in [0.1, 0.15) is 12.4 Å². The largest absolute Gasteiger partial charge is 0.489 e. The molecule has 5 nitrogen and oxygen atoms in total. The van der Waals surface area contributed by atoms with Crippen LogP contribution in [0.2, 0.25) is 0 Å². The zero-order valence-electron chi connectivity index (χ0n) is 15.5. The maximum atomic E-state index is 12.5. The smallest absolute Gasteiger partial charge is 0.306 e. The molecule has 2 aromatic carbocycles. The zero-order valence-corrected chi connectivity index (χ0v) is 15.5. The Kier molecular flexibility index (Phi) is 6.12. The van der Waals surface area contributed by atoms with Crippen LogP contribution in [0.25, 0.3) is 0 Å². The number of benzene rings is 2. The summed E-state index contributed by atoms with van der Waals surface area (Å²) in [6, 6.07) is 15.6. The van der Waals surface area contributed by atoms with E-state index in [1.54, 1.807) is 0 Å². The Labute approximate surface area is 159 Å². The van der Waals surface area contributed by atoms with E-state index < -0.39 is 5.97 Å². The summed E-state index contributed by atoms with van der Waals surface area (Å²) in [4.78, 5) is 23.5. The van der Waals surface area contributed by atoms with E-state index >= 15 is 0 Å². The first kappa shape index (κ1) is 19.0. The Balaban J connectivity index is 1.54. The van der Waals surface area contributed by atoms with Gasteiger partial charge in [-0.25, -0.2) is 0 Å². The van der Waals surface area contributed by atoms with Crippen LogP contribution >= 0.6 is 0 Å². The molecule has 1 aliphatic rings. The molecule has 1 fully saturated rings. The first-order chi connectivity index (χ1) is 13.0. The summed E-state index contributed by atoms with van der Waals surface area (Å²) in [5.41, 5.74) is 2.81.